The topological polar surface area (TPSA) is 75.6 Å². The van der Waals surface area contributed by atoms with Crippen LogP contribution in [0.25, 0.3) is 0 Å². The van der Waals surface area contributed by atoms with Gasteiger partial charge in [0.1, 0.15) is 0 Å². The molecule has 0 aliphatic carbocycles. The molecule has 3 atom stereocenters. The van der Waals surface area contributed by atoms with Crippen LogP contribution in [-0.4, -0.2) is 29.7 Å². The molecule has 2 unspecified atom stereocenters. The van der Waals surface area contributed by atoms with E-state index in [1.807, 2.05) is 19.9 Å². The minimum Gasteiger partial charge on any atom is -0.479 e. The molecule has 21 heavy (non-hydrogen) atoms. The molecule has 5 heteroatoms. The summed E-state index contributed by atoms with van der Waals surface area (Å²) in [6.07, 6.45) is 0.491. The van der Waals surface area contributed by atoms with Crippen LogP contribution >= 0.6 is 0 Å². The number of carboxylic acid groups (broad SMARTS) is 1. The first-order valence-electron chi connectivity index (χ1n) is 7.20. The smallest absolute Gasteiger partial charge is 0.330 e. The number of benzene rings is 1. The summed E-state index contributed by atoms with van der Waals surface area (Å²) >= 11 is 0. The first-order valence-corrected chi connectivity index (χ1v) is 7.20. The van der Waals surface area contributed by atoms with Crippen molar-refractivity contribution in [2.24, 2.45) is 11.8 Å². The van der Waals surface area contributed by atoms with Gasteiger partial charge in [-0.3, -0.25) is 4.79 Å². The molecule has 2 N–H and O–H groups in total. The molecule has 0 radical (unpaired) electrons. The molecule has 0 aromatic heterocycles. The molecule has 1 aliphatic rings. The lowest BCUT2D eigenvalue weighted by molar-refractivity contribution is -0.143. The second-order valence-corrected chi connectivity index (χ2v) is 5.67. The molecule has 1 amide bonds. The highest BCUT2D eigenvalue weighted by molar-refractivity contribution is 5.86. The van der Waals surface area contributed by atoms with Gasteiger partial charge in [-0.25, -0.2) is 4.79 Å². The molecule has 0 bridgehead atoms. The summed E-state index contributed by atoms with van der Waals surface area (Å²) in [4.78, 5) is 23.8. The van der Waals surface area contributed by atoms with E-state index in [0.717, 1.165) is 0 Å². The highest BCUT2D eigenvalue weighted by atomic mass is 16.5. The zero-order valence-electron chi connectivity index (χ0n) is 12.3. The second kappa shape index (κ2) is 6.72. The third-order valence-electron chi connectivity index (χ3n) is 3.80. The molecule has 2 rings (SSSR count). The minimum absolute atomic E-state index is 0.143. The number of amides is 1. The summed E-state index contributed by atoms with van der Waals surface area (Å²) in [7, 11) is 0. The Labute approximate surface area is 124 Å². The fourth-order valence-corrected chi connectivity index (χ4v) is 2.73. The normalized spacial score (nSPS) is 23.0. The predicted octanol–water partition coefficient (Wildman–Crippen LogP) is 1.99. The van der Waals surface area contributed by atoms with Gasteiger partial charge in [0.25, 0.3) is 0 Å². The van der Waals surface area contributed by atoms with Crippen molar-refractivity contribution in [1.82, 2.24) is 5.32 Å². The summed E-state index contributed by atoms with van der Waals surface area (Å²) in [5.41, 5.74) is 0.568. The van der Waals surface area contributed by atoms with Crippen LogP contribution in [0, 0.1) is 11.8 Å². The number of ether oxygens (including phenoxy) is 1. The van der Waals surface area contributed by atoms with Crippen LogP contribution in [0.2, 0.25) is 0 Å². The quantitative estimate of drug-likeness (QED) is 0.870. The lowest BCUT2D eigenvalue weighted by atomic mass is 9.92. The fraction of sp³-hybridized carbons (Fsp3) is 0.500. The molecule has 1 aromatic rings. The SMILES string of the molecule is CC(C)C1OCCC1C(=O)N[C@H](C(=O)O)c1ccccc1. The second-order valence-electron chi connectivity index (χ2n) is 5.67. The third-order valence-corrected chi connectivity index (χ3v) is 3.80. The summed E-state index contributed by atoms with van der Waals surface area (Å²) in [6, 6.07) is 7.70. The van der Waals surface area contributed by atoms with Crippen LogP contribution in [0.3, 0.4) is 0 Å². The van der Waals surface area contributed by atoms with E-state index >= 15 is 0 Å². The van der Waals surface area contributed by atoms with Gasteiger partial charge < -0.3 is 15.2 Å². The molecule has 1 aliphatic heterocycles. The predicted molar refractivity (Wildman–Crippen MR) is 77.6 cm³/mol. The molecule has 1 saturated heterocycles. The van der Waals surface area contributed by atoms with E-state index in [0.29, 0.717) is 18.6 Å². The van der Waals surface area contributed by atoms with Crippen molar-refractivity contribution in [3.05, 3.63) is 35.9 Å². The van der Waals surface area contributed by atoms with Crippen molar-refractivity contribution in [2.45, 2.75) is 32.4 Å². The maximum atomic E-state index is 12.4. The summed E-state index contributed by atoms with van der Waals surface area (Å²) in [6.45, 7) is 4.55. The first kappa shape index (κ1) is 15.5. The molecular formula is C16H21NO4. The Balaban J connectivity index is 2.11. The molecule has 5 nitrogen and oxygen atoms in total. The lowest BCUT2D eigenvalue weighted by Crippen LogP contribution is -2.41. The number of carboxylic acids is 1. The van der Waals surface area contributed by atoms with Gasteiger partial charge in [-0.2, -0.15) is 0 Å². The zero-order valence-corrected chi connectivity index (χ0v) is 12.3. The number of carbonyl (C=O) groups excluding carboxylic acids is 1. The Morgan fingerprint density at radius 2 is 1.95 bits per heavy atom. The van der Waals surface area contributed by atoms with E-state index in [-0.39, 0.29) is 23.8 Å². The average molecular weight is 291 g/mol. The van der Waals surface area contributed by atoms with Crippen molar-refractivity contribution in [1.29, 1.82) is 0 Å². The standard InChI is InChI=1S/C16H21NO4/c1-10(2)14-12(8-9-21-14)15(18)17-13(16(19)20)11-6-4-3-5-7-11/h3-7,10,12-14H,8-9H2,1-2H3,(H,17,18)(H,19,20)/t12?,13-,14?/m0/s1. The minimum atomic E-state index is -1.06. The van der Waals surface area contributed by atoms with E-state index in [1.54, 1.807) is 24.3 Å². The maximum absolute atomic E-state index is 12.4. The van der Waals surface area contributed by atoms with Crippen molar-refractivity contribution >= 4 is 11.9 Å². The van der Waals surface area contributed by atoms with Gasteiger partial charge in [0, 0.05) is 6.61 Å². The Bertz CT molecular complexity index is 500. The Morgan fingerprint density at radius 3 is 2.52 bits per heavy atom. The molecule has 1 heterocycles. The van der Waals surface area contributed by atoms with E-state index in [2.05, 4.69) is 5.32 Å². The van der Waals surface area contributed by atoms with Crippen LogP contribution in [0.4, 0.5) is 0 Å². The van der Waals surface area contributed by atoms with Crippen LogP contribution in [0.15, 0.2) is 30.3 Å². The number of hydrogen-bond donors (Lipinski definition) is 2. The van der Waals surface area contributed by atoms with Gasteiger partial charge >= 0.3 is 5.97 Å². The molecular weight excluding hydrogens is 270 g/mol. The number of carbonyl (C=O) groups is 2. The van der Waals surface area contributed by atoms with E-state index in [4.69, 9.17) is 4.74 Å². The Morgan fingerprint density at radius 1 is 1.29 bits per heavy atom. The maximum Gasteiger partial charge on any atom is 0.330 e. The zero-order chi connectivity index (χ0) is 15.4. The van der Waals surface area contributed by atoms with Gasteiger partial charge in [0.15, 0.2) is 6.04 Å². The molecule has 0 saturated carbocycles. The monoisotopic (exact) mass is 291 g/mol. The highest BCUT2D eigenvalue weighted by Gasteiger charge is 2.37. The van der Waals surface area contributed by atoms with Gasteiger partial charge in [0.2, 0.25) is 5.91 Å². The number of aliphatic carboxylic acids is 1. The molecule has 1 fully saturated rings. The van der Waals surface area contributed by atoms with Gasteiger partial charge in [-0.15, -0.1) is 0 Å². The number of hydrogen-bond acceptors (Lipinski definition) is 3. The highest BCUT2D eigenvalue weighted by Crippen LogP contribution is 2.27. The van der Waals surface area contributed by atoms with Crippen LogP contribution < -0.4 is 5.32 Å². The summed E-state index contributed by atoms with van der Waals surface area (Å²) in [5.74, 6) is -1.36. The summed E-state index contributed by atoms with van der Waals surface area (Å²) in [5, 5.41) is 12.0. The van der Waals surface area contributed by atoms with Crippen LogP contribution in [-0.2, 0) is 14.3 Å². The largest absolute Gasteiger partial charge is 0.479 e. The van der Waals surface area contributed by atoms with Crippen molar-refractivity contribution < 1.29 is 19.4 Å². The van der Waals surface area contributed by atoms with Gasteiger partial charge in [-0.05, 0) is 17.9 Å². The van der Waals surface area contributed by atoms with Crippen LogP contribution in [0.1, 0.15) is 31.9 Å². The van der Waals surface area contributed by atoms with Crippen LogP contribution in [0.5, 0.6) is 0 Å². The lowest BCUT2D eigenvalue weighted by Gasteiger charge is -2.23. The third kappa shape index (κ3) is 3.61. The van der Waals surface area contributed by atoms with Crippen molar-refractivity contribution in [3.8, 4) is 0 Å². The van der Waals surface area contributed by atoms with Gasteiger partial charge in [-0.1, -0.05) is 44.2 Å². The fourth-order valence-electron chi connectivity index (χ4n) is 2.73. The molecule has 1 aromatic carbocycles. The van der Waals surface area contributed by atoms with E-state index in [9.17, 15) is 14.7 Å². The van der Waals surface area contributed by atoms with E-state index in [1.165, 1.54) is 0 Å². The number of nitrogens with one attached hydrogen (secondary N) is 1. The molecule has 114 valence electrons. The first-order chi connectivity index (χ1) is 10.0. The van der Waals surface area contributed by atoms with Gasteiger partial charge in [0.05, 0.1) is 12.0 Å². The Hall–Kier alpha value is -1.88. The summed E-state index contributed by atoms with van der Waals surface area (Å²) < 4.78 is 5.59. The Kier molecular flexibility index (Phi) is 4.96. The van der Waals surface area contributed by atoms with Crippen molar-refractivity contribution in [3.63, 3.8) is 0 Å². The van der Waals surface area contributed by atoms with Crippen molar-refractivity contribution in [2.75, 3.05) is 6.61 Å². The average Bonchev–Trinajstić information content (AvgIpc) is 2.94. The van der Waals surface area contributed by atoms with E-state index < -0.39 is 12.0 Å². The number of rotatable bonds is 5. The molecule has 0 spiro atoms.